The van der Waals surface area contributed by atoms with Crippen LogP contribution in [0.1, 0.15) is 51.0 Å². The number of aryl methyl sites for hydroxylation is 1. The van der Waals surface area contributed by atoms with Crippen LogP contribution in [0.25, 0.3) is 0 Å². The number of hydrogen-bond acceptors (Lipinski definition) is 2. The van der Waals surface area contributed by atoms with Gasteiger partial charge in [0.05, 0.1) is 0 Å². The van der Waals surface area contributed by atoms with E-state index in [2.05, 4.69) is 20.1 Å². The summed E-state index contributed by atoms with van der Waals surface area (Å²) in [7, 11) is 0. The van der Waals surface area contributed by atoms with E-state index in [1.54, 1.807) is 12.1 Å². The molecule has 0 aliphatic carbocycles. The minimum atomic E-state index is 0.235. The summed E-state index contributed by atoms with van der Waals surface area (Å²) in [4.78, 5) is 0. The molecule has 0 heterocycles. The maximum atomic E-state index is 9.56. The van der Waals surface area contributed by atoms with Crippen LogP contribution in [0.4, 0.5) is 0 Å². The van der Waals surface area contributed by atoms with E-state index in [1.165, 1.54) is 38.2 Å². The van der Waals surface area contributed by atoms with Crippen molar-refractivity contribution < 1.29 is 10.2 Å². The average molecular weight is 250 g/mol. The van der Waals surface area contributed by atoms with Gasteiger partial charge in [0.1, 0.15) is 11.5 Å². The van der Waals surface area contributed by atoms with E-state index in [9.17, 15) is 10.2 Å². The Hall–Kier alpha value is -1.44. The Balaban J connectivity index is 0.00000137. The molecule has 0 aliphatic rings. The van der Waals surface area contributed by atoms with Crippen LogP contribution in [0.2, 0.25) is 0 Å². The Morgan fingerprint density at radius 1 is 0.944 bits per heavy atom. The van der Waals surface area contributed by atoms with Gasteiger partial charge in [-0.05, 0) is 36.6 Å². The normalized spacial score (nSPS) is 9.61. The Bertz CT molecular complexity index is 321. The monoisotopic (exact) mass is 250 g/mol. The highest BCUT2D eigenvalue weighted by atomic mass is 16.3. The standard InChI is InChI=1S/C14H22O2.C2H4/c1-2-3-4-5-6-7-8-12-11-13(15)9-10-14(12)16;1-2/h9-11,15-16H,2-8H2,1H3;1-2H2. The molecule has 0 radical (unpaired) electrons. The van der Waals surface area contributed by atoms with Gasteiger partial charge in [0.25, 0.3) is 0 Å². The van der Waals surface area contributed by atoms with E-state index in [0.29, 0.717) is 5.75 Å². The first-order valence-electron chi connectivity index (χ1n) is 6.75. The van der Waals surface area contributed by atoms with E-state index in [4.69, 9.17) is 0 Å². The molecule has 0 fully saturated rings. The minimum Gasteiger partial charge on any atom is -0.508 e. The van der Waals surface area contributed by atoms with Gasteiger partial charge >= 0.3 is 0 Å². The quantitative estimate of drug-likeness (QED) is 0.414. The molecule has 0 saturated heterocycles. The topological polar surface area (TPSA) is 40.5 Å². The van der Waals surface area contributed by atoms with Crippen molar-refractivity contribution in [3.05, 3.63) is 36.9 Å². The molecule has 0 aromatic heterocycles. The second-order valence-corrected chi connectivity index (χ2v) is 4.33. The van der Waals surface area contributed by atoms with Crippen LogP contribution in [-0.2, 0) is 6.42 Å². The van der Waals surface area contributed by atoms with Crippen molar-refractivity contribution in [2.24, 2.45) is 0 Å². The predicted molar refractivity (Wildman–Crippen MR) is 78.1 cm³/mol. The first-order valence-corrected chi connectivity index (χ1v) is 6.75. The molecule has 0 spiro atoms. The molecule has 0 atom stereocenters. The fourth-order valence-electron chi connectivity index (χ4n) is 1.87. The molecular formula is C16H26O2. The molecule has 0 bridgehead atoms. The lowest BCUT2D eigenvalue weighted by atomic mass is 10.0. The van der Waals surface area contributed by atoms with Crippen molar-refractivity contribution in [2.45, 2.75) is 51.9 Å². The molecule has 1 aromatic rings. The molecule has 0 unspecified atom stereocenters. The van der Waals surface area contributed by atoms with Gasteiger partial charge in [0, 0.05) is 0 Å². The fraction of sp³-hybridized carbons (Fsp3) is 0.500. The van der Waals surface area contributed by atoms with Crippen LogP contribution in [-0.4, -0.2) is 10.2 Å². The summed E-state index contributed by atoms with van der Waals surface area (Å²) < 4.78 is 0. The van der Waals surface area contributed by atoms with Crippen LogP contribution in [0.3, 0.4) is 0 Å². The third kappa shape index (κ3) is 7.00. The SMILES string of the molecule is C=C.CCCCCCCCc1cc(O)ccc1O. The van der Waals surface area contributed by atoms with E-state index in [0.717, 1.165) is 18.4 Å². The lowest BCUT2D eigenvalue weighted by molar-refractivity contribution is 0.452. The maximum Gasteiger partial charge on any atom is 0.119 e. The Kier molecular flexibility index (Phi) is 9.84. The molecule has 1 aromatic carbocycles. The second-order valence-electron chi connectivity index (χ2n) is 4.33. The lowest BCUT2D eigenvalue weighted by Crippen LogP contribution is -1.87. The van der Waals surface area contributed by atoms with E-state index in [-0.39, 0.29) is 5.75 Å². The number of phenolic OH excluding ortho intramolecular Hbond substituents is 2. The van der Waals surface area contributed by atoms with Gasteiger partial charge in [0.15, 0.2) is 0 Å². The molecular weight excluding hydrogens is 224 g/mol. The van der Waals surface area contributed by atoms with Crippen LogP contribution in [0.15, 0.2) is 31.4 Å². The van der Waals surface area contributed by atoms with E-state index >= 15 is 0 Å². The largest absolute Gasteiger partial charge is 0.508 e. The van der Waals surface area contributed by atoms with Gasteiger partial charge in [0.2, 0.25) is 0 Å². The summed E-state index contributed by atoms with van der Waals surface area (Å²) in [5.41, 5.74) is 0.857. The Labute approximate surface area is 111 Å². The van der Waals surface area contributed by atoms with Crippen molar-refractivity contribution in [3.63, 3.8) is 0 Å². The smallest absolute Gasteiger partial charge is 0.119 e. The zero-order valence-electron chi connectivity index (χ0n) is 11.5. The summed E-state index contributed by atoms with van der Waals surface area (Å²) >= 11 is 0. The van der Waals surface area contributed by atoms with Gasteiger partial charge < -0.3 is 10.2 Å². The number of rotatable bonds is 7. The van der Waals surface area contributed by atoms with E-state index < -0.39 is 0 Å². The van der Waals surface area contributed by atoms with Crippen molar-refractivity contribution in [1.29, 1.82) is 0 Å². The van der Waals surface area contributed by atoms with E-state index in [1.807, 2.05) is 0 Å². The molecule has 18 heavy (non-hydrogen) atoms. The minimum absolute atomic E-state index is 0.235. The summed E-state index contributed by atoms with van der Waals surface area (Å²) in [5.74, 6) is 0.533. The molecule has 0 aliphatic heterocycles. The molecule has 0 amide bonds. The van der Waals surface area contributed by atoms with Crippen LogP contribution in [0, 0.1) is 0 Å². The third-order valence-corrected chi connectivity index (χ3v) is 2.86. The zero-order chi connectivity index (χ0) is 13.8. The summed E-state index contributed by atoms with van der Waals surface area (Å²) in [6, 6.07) is 4.73. The third-order valence-electron chi connectivity index (χ3n) is 2.86. The lowest BCUT2D eigenvalue weighted by Gasteiger charge is -2.05. The summed E-state index contributed by atoms with van der Waals surface area (Å²) in [6.45, 7) is 8.21. The molecule has 0 saturated carbocycles. The molecule has 2 nitrogen and oxygen atoms in total. The van der Waals surface area contributed by atoms with Crippen LogP contribution in [0.5, 0.6) is 11.5 Å². The molecule has 102 valence electrons. The number of benzene rings is 1. The number of phenols is 2. The summed E-state index contributed by atoms with van der Waals surface area (Å²) in [6.07, 6.45) is 8.31. The Morgan fingerprint density at radius 2 is 1.56 bits per heavy atom. The van der Waals surface area contributed by atoms with Crippen molar-refractivity contribution in [2.75, 3.05) is 0 Å². The van der Waals surface area contributed by atoms with Gasteiger partial charge in [-0.2, -0.15) is 0 Å². The predicted octanol–water partition coefficient (Wildman–Crippen LogP) is 4.80. The van der Waals surface area contributed by atoms with Gasteiger partial charge in [-0.1, -0.05) is 39.0 Å². The molecule has 2 N–H and O–H groups in total. The average Bonchev–Trinajstić information content (AvgIpc) is 2.40. The molecule has 2 heteroatoms. The Morgan fingerprint density at radius 3 is 2.22 bits per heavy atom. The van der Waals surface area contributed by atoms with Gasteiger partial charge in [-0.15, -0.1) is 13.2 Å². The van der Waals surface area contributed by atoms with Crippen LogP contribution >= 0.6 is 0 Å². The first-order chi connectivity index (χ1) is 8.74. The number of aromatic hydroxyl groups is 2. The highest BCUT2D eigenvalue weighted by molar-refractivity contribution is 5.38. The highest BCUT2D eigenvalue weighted by Crippen LogP contribution is 2.23. The number of unbranched alkanes of at least 4 members (excludes halogenated alkanes) is 5. The maximum absolute atomic E-state index is 9.56. The molecule has 1 rings (SSSR count). The highest BCUT2D eigenvalue weighted by Gasteiger charge is 2.01. The second kappa shape index (κ2) is 10.7. The van der Waals surface area contributed by atoms with Gasteiger partial charge in [-0.3, -0.25) is 0 Å². The van der Waals surface area contributed by atoms with Gasteiger partial charge in [-0.25, -0.2) is 0 Å². The van der Waals surface area contributed by atoms with Crippen molar-refractivity contribution in [3.8, 4) is 11.5 Å². The zero-order valence-corrected chi connectivity index (χ0v) is 11.5. The summed E-state index contributed by atoms with van der Waals surface area (Å²) in [5, 5.41) is 18.9. The fourth-order valence-corrected chi connectivity index (χ4v) is 1.87. The number of hydrogen-bond donors (Lipinski definition) is 2. The van der Waals surface area contributed by atoms with Crippen molar-refractivity contribution >= 4 is 0 Å². The van der Waals surface area contributed by atoms with Crippen molar-refractivity contribution in [1.82, 2.24) is 0 Å². The first kappa shape index (κ1) is 16.6. The van der Waals surface area contributed by atoms with Crippen LogP contribution < -0.4 is 0 Å².